The fraction of sp³-hybridized carbons (Fsp3) is 0.320. The van der Waals surface area contributed by atoms with Gasteiger partial charge in [-0.1, -0.05) is 36.7 Å². The van der Waals surface area contributed by atoms with Crippen molar-refractivity contribution in [2.45, 2.75) is 20.3 Å². The summed E-state index contributed by atoms with van der Waals surface area (Å²) in [5.41, 5.74) is 10.3. The maximum Gasteiger partial charge on any atom is 0.409 e. The number of hydrogen-bond donors (Lipinski definition) is 1. The van der Waals surface area contributed by atoms with Crippen LogP contribution in [0.4, 0.5) is 10.5 Å². The molecule has 172 valence electrons. The van der Waals surface area contributed by atoms with Crippen LogP contribution in [0.5, 0.6) is 0 Å². The van der Waals surface area contributed by atoms with Crippen LogP contribution in [-0.2, 0) is 4.74 Å². The van der Waals surface area contributed by atoms with Crippen LogP contribution in [0.3, 0.4) is 0 Å². The van der Waals surface area contributed by atoms with Crippen LogP contribution in [-0.4, -0.2) is 59.6 Å². The number of piperazine rings is 1. The Hall–Kier alpha value is -3.32. The van der Waals surface area contributed by atoms with Crippen molar-refractivity contribution in [3.05, 3.63) is 58.6 Å². The number of carbonyl (C=O) groups excluding carboxylic acids is 2. The molecule has 3 aromatic rings. The number of carbonyl (C=O) groups is 2. The van der Waals surface area contributed by atoms with Crippen molar-refractivity contribution < 1.29 is 14.3 Å². The van der Waals surface area contributed by atoms with Crippen molar-refractivity contribution in [3.63, 3.8) is 0 Å². The molecule has 0 radical (unpaired) electrons. The number of hydrogen-bond acceptors (Lipinski definition) is 5. The summed E-state index contributed by atoms with van der Waals surface area (Å²) in [4.78, 5) is 33.4. The Labute approximate surface area is 198 Å². The summed E-state index contributed by atoms with van der Waals surface area (Å²) in [6.45, 7) is 6.09. The molecule has 4 rings (SSSR count). The standard InChI is InChI=1S/C25H27ClN4O3/c1-3-13-33-25(32)30-11-9-29(10-12-30)24(31)18-7-8-20-21(15-18)28-23(16(2)22(20)26)17-5-4-6-19(27)14-17/h4-8,14-15H,3,9-13,27H2,1-2H3. The van der Waals surface area contributed by atoms with Crippen molar-refractivity contribution in [1.82, 2.24) is 14.8 Å². The molecule has 1 aliphatic rings. The molecule has 2 heterocycles. The molecule has 0 spiro atoms. The van der Waals surface area contributed by atoms with E-state index < -0.39 is 0 Å². The number of fused-ring (bicyclic) bond motifs is 1. The predicted molar refractivity (Wildman–Crippen MR) is 130 cm³/mol. The van der Waals surface area contributed by atoms with E-state index in [1.165, 1.54) is 0 Å². The summed E-state index contributed by atoms with van der Waals surface area (Å²) in [5, 5.41) is 1.40. The zero-order valence-electron chi connectivity index (χ0n) is 18.8. The van der Waals surface area contributed by atoms with Gasteiger partial charge in [-0.15, -0.1) is 0 Å². The van der Waals surface area contributed by atoms with Crippen LogP contribution in [0, 0.1) is 6.92 Å². The molecular weight excluding hydrogens is 440 g/mol. The lowest BCUT2D eigenvalue weighted by atomic mass is 10.0. The number of nitrogens with two attached hydrogens (primary N) is 1. The average Bonchev–Trinajstić information content (AvgIpc) is 2.84. The van der Waals surface area contributed by atoms with Crippen LogP contribution >= 0.6 is 11.6 Å². The van der Waals surface area contributed by atoms with Gasteiger partial charge in [0.1, 0.15) is 0 Å². The molecule has 2 amide bonds. The van der Waals surface area contributed by atoms with Gasteiger partial charge in [0.05, 0.1) is 22.8 Å². The minimum absolute atomic E-state index is 0.0949. The predicted octanol–water partition coefficient (Wildman–Crippen LogP) is 4.75. The van der Waals surface area contributed by atoms with Gasteiger partial charge in [0.2, 0.25) is 0 Å². The fourth-order valence-corrected chi connectivity index (χ4v) is 4.22. The van der Waals surface area contributed by atoms with Gasteiger partial charge in [-0.05, 0) is 43.2 Å². The largest absolute Gasteiger partial charge is 0.449 e. The fourth-order valence-electron chi connectivity index (χ4n) is 3.98. The Kier molecular flexibility index (Phi) is 6.70. The zero-order chi connectivity index (χ0) is 23.5. The molecule has 2 N–H and O–H groups in total. The van der Waals surface area contributed by atoms with Crippen molar-refractivity contribution in [2.75, 3.05) is 38.5 Å². The van der Waals surface area contributed by atoms with E-state index in [1.54, 1.807) is 21.9 Å². The summed E-state index contributed by atoms with van der Waals surface area (Å²) in [6, 6.07) is 12.9. The minimum Gasteiger partial charge on any atom is -0.449 e. The van der Waals surface area contributed by atoms with Crippen molar-refractivity contribution in [2.24, 2.45) is 0 Å². The summed E-state index contributed by atoms with van der Waals surface area (Å²) >= 11 is 6.67. The molecule has 7 nitrogen and oxygen atoms in total. The van der Waals surface area contributed by atoms with Crippen molar-refractivity contribution in [3.8, 4) is 11.3 Å². The van der Waals surface area contributed by atoms with E-state index in [2.05, 4.69) is 0 Å². The Morgan fingerprint density at radius 1 is 1.09 bits per heavy atom. The van der Waals surface area contributed by atoms with Crippen LogP contribution in [0.2, 0.25) is 5.02 Å². The van der Waals surface area contributed by atoms with Gasteiger partial charge in [0.15, 0.2) is 0 Å². The number of ether oxygens (including phenoxy) is 1. The van der Waals surface area contributed by atoms with Crippen LogP contribution in [0.25, 0.3) is 22.2 Å². The Bertz CT molecular complexity index is 1210. The second-order valence-corrected chi connectivity index (χ2v) is 8.53. The molecule has 1 aliphatic heterocycles. The molecule has 1 aromatic heterocycles. The molecule has 1 saturated heterocycles. The molecular formula is C25H27ClN4O3. The number of rotatable bonds is 4. The normalized spacial score (nSPS) is 13.9. The van der Waals surface area contributed by atoms with E-state index in [-0.39, 0.29) is 12.0 Å². The third-order valence-corrected chi connectivity index (χ3v) is 6.30. The maximum absolute atomic E-state index is 13.2. The number of benzene rings is 2. The molecule has 8 heteroatoms. The van der Waals surface area contributed by atoms with Gasteiger partial charge in [-0.25, -0.2) is 9.78 Å². The van der Waals surface area contributed by atoms with Gasteiger partial charge in [-0.3, -0.25) is 4.79 Å². The quantitative estimate of drug-likeness (QED) is 0.560. The van der Waals surface area contributed by atoms with E-state index in [4.69, 9.17) is 27.1 Å². The average molecular weight is 467 g/mol. The molecule has 0 unspecified atom stereocenters. The van der Waals surface area contributed by atoms with E-state index >= 15 is 0 Å². The SMILES string of the molecule is CCCOC(=O)N1CCN(C(=O)c2ccc3c(Cl)c(C)c(-c4cccc(N)c4)nc3c2)CC1. The van der Waals surface area contributed by atoms with Crippen LogP contribution in [0.15, 0.2) is 42.5 Å². The van der Waals surface area contributed by atoms with E-state index in [0.29, 0.717) is 54.6 Å². The first kappa shape index (κ1) is 22.9. The summed E-state index contributed by atoms with van der Waals surface area (Å²) in [7, 11) is 0. The number of nitrogen functional groups attached to an aromatic ring is 1. The molecule has 33 heavy (non-hydrogen) atoms. The third kappa shape index (κ3) is 4.73. The lowest BCUT2D eigenvalue weighted by molar-refractivity contribution is 0.0560. The highest BCUT2D eigenvalue weighted by Gasteiger charge is 2.26. The topological polar surface area (TPSA) is 88.8 Å². The van der Waals surface area contributed by atoms with E-state index in [0.717, 1.165) is 28.6 Å². The van der Waals surface area contributed by atoms with Gasteiger partial charge >= 0.3 is 6.09 Å². The second kappa shape index (κ2) is 9.67. The van der Waals surface area contributed by atoms with Gasteiger partial charge < -0.3 is 20.3 Å². The van der Waals surface area contributed by atoms with Crippen LogP contribution < -0.4 is 5.73 Å². The molecule has 0 bridgehead atoms. The molecule has 0 saturated carbocycles. The molecule has 2 aromatic carbocycles. The Morgan fingerprint density at radius 3 is 2.52 bits per heavy atom. The molecule has 0 aliphatic carbocycles. The lowest BCUT2D eigenvalue weighted by Gasteiger charge is -2.34. The third-order valence-electron chi connectivity index (χ3n) is 5.81. The first-order chi connectivity index (χ1) is 15.9. The zero-order valence-corrected chi connectivity index (χ0v) is 19.6. The second-order valence-electron chi connectivity index (χ2n) is 8.15. The smallest absolute Gasteiger partial charge is 0.409 e. The summed E-state index contributed by atoms with van der Waals surface area (Å²) in [6.07, 6.45) is 0.460. The van der Waals surface area contributed by atoms with Gasteiger partial charge in [-0.2, -0.15) is 0 Å². The molecule has 0 atom stereocenters. The van der Waals surface area contributed by atoms with Gasteiger partial charge in [0.25, 0.3) is 5.91 Å². The maximum atomic E-state index is 13.2. The van der Waals surface area contributed by atoms with Gasteiger partial charge in [0, 0.05) is 48.4 Å². The van der Waals surface area contributed by atoms with Crippen molar-refractivity contribution in [1.29, 1.82) is 0 Å². The number of nitrogens with zero attached hydrogens (tertiary/aromatic N) is 3. The Morgan fingerprint density at radius 2 is 1.82 bits per heavy atom. The van der Waals surface area contributed by atoms with E-state index in [1.807, 2.05) is 44.2 Å². The van der Waals surface area contributed by atoms with Crippen molar-refractivity contribution >= 4 is 40.2 Å². The summed E-state index contributed by atoms with van der Waals surface area (Å²) in [5.74, 6) is -0.0949. The first-order valence-corrected chi connectivity index (χ1v) is 11.4. The highest BCUT2D eigenvalue weighted by atomic mass is 35.5. The number of amides is 2. The number of anilines is 1. The highest BCUT2D eigenvalue weighted by Crippen LogP contribution is 2.34. The first-order valence-electron chi connectivity index (χ1n) is 11.1. The minimum atomic E-state index is -0.321. The number of pyridine rings is 1. The van der Waals surface area contributed by atoms with E-state index in [9.17, 15) is 9.59 Å². The Balaban J connectivity index is 1.57. The number of halogens is 1. The highest BCUT2D eigenvalue weighted by molar-refractivity contribution is 6.36. The summed E-state index contributed by atoms with van der Waals surface area (Å²) < 4.78 is 5.19. The number of aromatic nitrogens is 1. The lowest BCUT2D eigenvalue weighted by Crippen LogP contribution is -2.50. The monoisotopic (exact) mass is 466 g/mol. The van der Waals surface area contributed by atoms with Crippen LogP contribution in [0.1, 0.15) is 29.3 Å². The molecule has 1 fully saturated rings.